The van der Waals surface area contributed by atoms with Crippen molar-refractivity contribution in [3.05, 3.63) is 0 Å². The lowest BCUT2D eigenvalue weighted by atomic mass is 9.89. The summed E-state index contributed by atoms with van der Waals surface area (Å²) in [5.41, 5.74) is 0. The van der Waals surface area contributed by atoms with Gasteiger partial charge in [-0.15, -0.1) is 0 Å². The number of carbonyl (C=O) groups is 2. The number of piperidine rings is 1. The first kappa shape index (κ1) is 15.3. The van der Waals surface area contributed by atoms with Crippen molar-refractivity contribution in [3.63, 3.8) is 0 Å². The summed E-state index contributed by atoms with van der Waals surface area (Å²) in [6, 6.07) is -0.482. The van der Waals surface area contributed by atoms with E-state index in [2.05, 4.69) is 5.32 Å². The molecule has 2 N–H and O–H groups in total. The first-order chi connectivity index (χ1) is 9.66. The number of rotatable bonds is 5. The summed E-state index contributed by atoms with van der Waals surface area (Å²) >= 11 is 0. The summed E-state index contributed by atoms with van der Waals surface area (Å²) < 4.78 is 0. The number of hydrogen-bond donors (Lipinski definition) is 2. The zero-order chi connectivity index (χ0) is 14.4. The molecule has 0 bridgehead atoms. The van der Waals surface area contributed by atoms with Crippen molar-refractivity contribution in [2.45, 2.75) is 57.4 Å². The van der Waals surface area contributed by atoms with Gasteiger partial charge in [-0.25, -0.2) is 0 Å². The molecule has 0 aromatic carbocycles. The molecule has 1 aliphatic heterocycles. The standard InChI is InChI=1S/C15H26N2O3/c18-14(16-10-12-6-2-1-3-7-12)11-17-9-5-4-8-13(17)15(19)20/h12-13H,1-11H2,(H,16,18)(H,19,20). The van der Waals surface area contributed by atoms with Crippen LogP contribution in [0.2, 0.25) is 0 Å². The van der Waals surface area contributed by atoms with Gasteiger partial charge in [-0.2, -0.15) is 0 Å². The second-order valence-corrected chi connectivity index (χ2v) is 6.13. The van der Waals surface area contributed by atoms with Crippen molar-refractivity contribution >= 4 is 11.9 Å². The third kappa shape index (κ3) is 4.47. The van der Waals surface area contributed by atoms with Crippen molar-refractivity contribution in [3.8, 4) is 0 Å². The molecule has 0 aromatic rings. The highest BCUT2D eigenvalue weighted by Crippen LogP contribution is 2.22. The Kier molecular flexibility index (Phi) is 5.83. The number of nitrogens with zero attached hydrogens (tertiary/aromatic N) is 1. The molecule has 1 atom stereocenters. The maximum Gasteiger partial charge on any atom is 0.320 e. The van der Waals surface area contributed by atoms with Crippen LogP contribution in [0, 0.1) is 5.92 Å². The molecule has 2 rings (SSSR count). The average Bonchev–Trinajstić information content (AvgIpc) is 2.46. The van der Waals surface area contributed by atoms with E-state index in [1.54, 1.807) is 0 Å². The molecule has 1 amide bonds. The molecular formula is C15H26N2O3. The van der Waals surface area contributed by atoms with E-state index in [1.165, 1.54) is 32.1 Å². The molecule has 1 saturated heterocycles. The van der Waals surface area contributed by atoms with Gasteiger partial charge in [0.1, 0.15) is 6.04 Å². The Balaban J connectivity index is 1.73. The van der Waals surface area contributed by atoms with E-state index in [9.17, 15) is 14.7 Å². The van der Waals surface area contributed by atoms with Gasteiger partial charge in [-0.3, -0.25) is 14.5 Å². The van der Waals surface area contributed by atoms with Gasteiger partial charge in [0.05, 0.1) is 6.54 Å². The third-order valence-corrected chi connectivity index (χ3v) is 4.56. The number of aliphatic carboxylic acids is 1. The fraction of sp³-hybridized carbons (Fsp3) is 0.867. The minimum Gasteiger partial charge on any atom is -0.480 e. The molecule has 0 aromatic heterocycles. The second kappa shape index (κ2) is 7.62. The van der Waals surface area contributed by atoms with Crippen molar-refractivity contribution < 1.29 is 14.7 Å². The molecule has 20 heavy (non-hydrogen) atoms. The van der Waals surface area contributed by atoms with Crippen LogP contribution >= 0.6 is 0 Å². The predicted octanol–water partition coefficient (Wildman–Crippen LogP) is 1.62. The van der Waals surface area contributed by atoms with E-state index >= 15 is 0 Å². The van der Waals surface area contributed by atoms with Gasteiger partial charge in [0.25, 0.3) is 0 Å². The Hall–Kier alpha value is -1.10. The Labute approximate surface area is 120 Å². The zero-order valence-electron chi connectivity index (χ0n) is 12.1. The van der Waals surface area contributed by atoms with Crippen LogP contribution in [0.25, 0.3) is 0 Å². The minimum atomic E-state index is -0.801. The number of carbonyl (C=O) groups excluding carboxylic acids is 1. The highest BCUT2D eigenvalue weighted by atomic mass is 16.4. The van der Waals surface area contributed by atoms with Crippen LogP contribution < -0.4 is 5.32 Å². The molecule has 1 saturated carbocycles. The van der Waals surface area contributed by atoms with Crippen LogP contribution in [-0.2, 0) is 9.59 Å². The number of hydrogen-bond acceptors (Lipinski definition) is 3. The van der Waals surface area contributed by atoms with Crippen molar-refractivity contribution in [1.82, 2.24) is 10.2 Å². The number of likely N-dealkylation sites (tertiary alicyclic amines) is 1. The molecule has 1 heterocycles. The van der Waals surface area contributed by atoms with Gasteiger partial charge in [-0.1, -0.05) is 25.7 Å². The molecular weight excluding hydrogens is 256 g/mol. The highest BCUT2D eigenvalue weighted by Gasteiger charge is 2.29. The summed E-state index contributed by atoms with van der Waals surface area (Å²) in [5, 5.41) is 12.2. The van der Waals surface area contributed by atoms with Gasteiger partial charge in [0.2, 0.25) is 5.91 Å². The van der Waals surface area contributed by atoms with E-state index in [0.717, 1.165) is 19.4 Å². The highest BCUT2D eigenvalue weighted by molar-refractivity contribution is 5.80. The predicted molar refractivity (Wildman–Crippen MR) is 76.4 cm³/mol. The molecule has 0 spiro atoms. The maximum atomic E-state index is 12.0. The van der Waals surface area contributed by atoms with Crippen LogP contribution in [0.3, 0.4) is 0 Å². The first-order valence-corrected chi connectivity index (χ1v) is 7.90. The molecule has 5 nitrogen and oxygen atoms in total. The molecule has 114 valence electrons. The molecule has 5 heteroatoms. The Morgan fingerprint density at radius 2 is 1.75 bits per heavy atom. The van der Waals surface area contributed by atoms with E-state index < -0.39 is 12.0 Å². The van der Waals surface area contributed by atoms with Gasteiger partial charge >= 0.3 is 5.97 Å². The number of amides is 1. The van der Waals surface area contributed by atoms with E-state index in [1.807, 2.05) is 4.90 Å². The fourth-order valence-corrected chi connectivity index (χ4v) is 3.35. The summed E-state index contributed by atoms with van der Waals surface area (Å²) in [6.07, 6.45) is 8.87. The summed E-state index contributed by atoms with van der Waals surface area (Å²) in [6.45, 7) is 1.70. The average molecular weight is 282 g/mol. The van der Waals surface area contributed by atoms with E-state index in [-0.39, 0.29) is 12.5 Å². The van der Waals surface area contributed by atoms with Crippen molar-refractivity contribution in [2.75, 3.05) is 19.6 Å². The van der Waals surface area contributed by atoms with Gasteiger partial charge in [0, 0.05) is 6.54 Å². The topological polar surface area (TPSA) is 69.6 Å². The van der Waals surface area contributed by atoms with Crippen molar-refractivity contribution in [2.24, 2.45) is 5.92 Å². The second-order valence-electron chi connectivity index (χ2n) is 6.13. The molecule has 2 aliphatic rings. The minimum absolute atomic E-state index is 0.0243. The fourth-order valence-electron chi connectivity index (χ4n) is 3.35. The lowest BCUT2D eigenvalue weighted by Gasteiger charge is -2.32. The zero-order valence-corrected chi connectivity index (χ0v) is 12.1. The molecule has 0 radical (unpaired) electrons. The number of nitrogens with one attached hydrogen (secondary N) is 1. The number of carboxylic acid groups (broad SMARTS) is 1. The Bertz CT molecular complexity index is 340. The lowest BCUT2D eigenvalue weighted by molar-refractivity contribution is -0.145. The quantitative estimate of drug-likeness (QED) is 0.804. The normalized spacial score (nSPS) is 25.3. The summed E-state index contributed by atoms with van der Waals surface area (Å²) in [7, 11) is 0. The van der Waals surface area contributed by atoms with Gasteiger partial charge < -0.3 is 10.4 Å². The van der Waals surface area contributed by atoms with E-state index in [0.29, 0.717) is 18.9 Å². The first-order valence-electron chi connectivity index (χ1n) is 7.90. The summed E-state index contributed by atoms with van der Waals surface area (Å²) in [4.78, 5) is 25.0. The molecule has 1 unspecified atom stereocenters. The van der Waals surface area contributed by atoms with Crippen LogP contribution in [0.1, 0.15) is 51.4 Å². The van der Waals surface area contributed by atoms with Gasteiger partial charge in [0.15, 0.2) is 0 Å². The van der Waals surface area contributed by atoms with Crippen LogP contribution in [-0.4, -0.2) is 47.6 Å². The Morgan fingerprint density at radius 3 is 2.45 bits per heavy atom. The van der Waals surface area contributed by atoms with Crippen LogP contribution in [0.4, 0.5) is 0 Å². The van der Waals surface area contributed by atoms with E-state index in [4.69, 9.17) is 0 Å². The monoisotopic (exact) mass is 282 g/mol. The third-order valence-electron chi connectivity index (χ3n) is 4.56. The number of carboxylic acids is 1. The summed E-state index contributed by atoms with van der Waals surface area (Å²) in [5.74, 6) is -0.210. The molecule has 2 fully saturated rings. The SMILES string of the molecule is O=C(CN1CCCCC1C(=O)O)NCC1CCCCC1. The molecule has 1 aliphatic carbocycles. The smallest absolute Gasteiger partial charge is 0.320 e. The lowest BCUT2D eigenvalue weighted by Crippen LogP contribution is -2.49. The Morgan fingerprint density at radius 1 is 1.05 bits per heavy atom. The largest absolute Gasteiger partial charge is 0.480 e. The van der Waals surface area contributed by atoms with Gasteiger partial charge in [-0.05, 0) is 38.1 Å². The maximum absolute atomic E-state index is 12.0. The van der Waals surface area contributed by atoms with Crippen LogP contribution in [0.5, 0.6) is 0 Å². The van der Waals surface area contributed by atoms with Crippen molar-refractivity contribution in [1.29, 1.82) is 0 Å². The van der Waals surface area contributed by atoms with Crippen LogP contribution in [0.15, 0.2) is 0 Å².